The molecule has 2 N–H and O–H groups in total. The fourth-order valence-corrected chi connectivity index (χ4v) is 5.83. The molecule has 170 valence electrons. The molecule has 0 atom stereocenters. The Morgan fingerprint density at radius 3 is 2.53 bits per heavy atom. The van der Waals surface area contributed by atoms with Crippen molar-refractivity contribution in [2.24, 2.45) is 5.73 Å². The van der Waals surface area contributed by atoms with E-state index in [2.05, 4.69) is 41.8 Å². The standard InChI is InChI=1S/C26H25N7S/c1-17-22(15-31-33(17)21-7-9-26(2,29)10-8-21)19-11-24(25-20(13-28)14-30-32(25)16-19)34-23-6-4-3-5-18(23)12-27/h3-6,11,14-16,21H,7-10,29H2,1-2H3. The molecule has 7 nitrogen and oxygen atoms in total. The number of nitriles is 2. The second kappa shape index (κ2) is 8.64. The Kier molecular flexibility index (Phi) is 5.65. The quantitative estimate of drug-likeness (QED) is 0.440. The van der Waals surface area contributed by atoms with Gasteiger partial charge in [-0.15, -0.1) is 0 Å². The minimum atomic E-state index is -0.0875. The molecule has 0 bridgehead atoms. The normalized spacial score (nSPS) is 20.2. The molecule has 1 fully saturated rings. The Labute approximate surface area is 202 Å². The van der Waals surface area contributed by atoms with E-state index in [1.54, 1.807) is 16.8 Å². The summed E-state index contributed by atoms with van der Waals surface area (Å²) in [5, 5.41) is 28.4. The number of aromatic nitrogens is 4. The van der Waals surface area contributed by atoms with Crippen LogP contribution in [0, 0.1) is 29.6 Å². The van der Waals surface area contributed by atoms with Gasteiger partial charge in [0.2, 0.25) is 0 Å². The van der Waals surface area contributed by atoms with Crippen LogP contribution in [-0.2, 0) is 0 Å². The fourth-order valence-electron chi connectivity index (χ4n) is 4.74. The average molecular weight is 468 g/mol. The molecule has 0 unspecified atom stereocenters. The number of hydrogen-bond acceptors (Lipinski definition) is 6. The molecule has 1 aliphatic rings. The molecule has 1 aromatic carbocycles. The number of rotatable bonds is 4. The summed E-state index contributed by atoms with van der Waals surface area (Å²) < 4.78 is 3.89. The van der Waals surface area contributed by atoms with Gasteiger partial charge < -0.3 is 5.73 Å². The summed E-state index contributed by atoms with van der Waals surface area (Å²) in [5.41, 5.74) is 11.2. The van der Waals surface area contributed by atoms with E-state index in [0.29, 0.717) is 17.2 Å². The van der Waals surface area contributed by atoms with E-state index in [4.69, 9.17) is 10.8 Å². The van der Waals surface area contributed by atoms with Gasteiger partial charge in [0.25, 0.3) is 0 Å². The minimum Gasteiger partial charge on any atom is -0.325 e. The van der Waals surface area contributed by atoms with Gasteiger partial charge in [-0.1, -0.05) is 23.9 Å². The van der Waals surface area contributed by atoms with E-state index in [9.17, 15) is 10.5 Å². The summed E-state index contributed by atoms with van der Waals surface area (Å²) in [6.45, 7) is 4.23. The predicted octanol–water partition coefficient (Wildman–Crippen LogP) is 5.23. The van der Waals surface area contributed by atoms with E-state index < -0.39 is 0 Å². The summed E-state index contributed by atoms with van der Waals surface area (Å²) >= 11 is 1.48. The smallest absolute Gasteiger partial charge is 0.103 e. The highest BCUT2D eigenvalue weighted by Crippen LogP contribution is 2.39. The van der Waals surface area contributed by atoms with Crippen molar-refractivity contribution in [3.63, 3.8) is 0 Å². The fraction of sp³-hybridized carbons (Fsp3) is 0.308. The topological polar surface area (TPSA) is 109 Å². The van der Waals surface area contributed by atoms with Crippen LogP contribution < -0.4 is 5.73 Å². The van der Waals surface area contributed by atoms with Crippen molar-refractivity contribution in [2.75, 3.05) is 0 Å². The van der Waals surface area contributed by atoms with Crippen molar-refractivity contribution >= 4 is 17.3 Å². The average Bonchev–Trinajstić information content (AvgIpc) is 3.43. The van der Waals surface area contributed by atoms with Crippen LogP contribution in [0.2, 0.25) is 0 Å². The van der Waals surface area contributed by atoms with Gasteiger partial charge in [0.15, 0.2) is 0 Å². The maximum atomic E-state index is 9.64. The molecule has 0 radical (unpaired) electrons. The lowest BCUT2D eigenvalue weighted by Gasteiger charge is -2.34. The van der Waals surface area contributed by atoms with Gasteiger partial charge in [-0.3, -0.25) is 4.68 Å². The van der Waals surface area contributed by atoms with E-state index in [-0.39, 0.29) is 5.54 Å². The third-order valence-corrected chi connectivity index (χ3v) is 7.83. The number of nitrogens with zero attached hydrogens (tertiary/aromatic N) is 6. The number of benzene rings is 1. The van der Waals surface area contributed by atoms with Crippen LogP contribution in [0.1, 0.15) is 55.5 Å². The first kappa shape index (κ1) is 22.2. The van der Waals surface area contributed by atoms with Crippen LogP contribution in [0.3, 0.4) is 0 Å². The van der Waals surface area contributed by atoms with Gasteiger partial charge in [-0.05, 0) is 57.7 Å². The van der Waals surface area contributed by atoms with E-state index in [1.165, 1.54) is 11.8 Å². The van der Waals surface area contributed by atoms with Gasteiger partial charge in [0, 0.05) is 38.3 Å². The van der Waals surface area contributed by atoms with Crippen molar-refractivity contribution in [3.05, 3.63) is 65.7 Å². The highest BCUT2D eigenvalue weighted by molar-refractivity contribution is 7.99. The zero-order chi connectivity index (χ0) is 23.9. The van der Waals surface area contributed by atoms with Crippen LogP contribution in [0.5, 0.6) is 0 Å². The third kappa shape index (κ3) is 3.96. The van der Waals surface area contributed by atoms with E-state index in [1.807, 2.05) is 30.6 Å². The molecule has 0 aliphatic heterocycles. The number of fused-ring (bicyclic) bond motifs is 1. The largest absolute Gasteiger partial charge is 0.325 e. The maximum Gasteiger partial charge on any atom is 0.103 e. The van der Waals surface area contributed by atoms with Crippen LogP contribution in [0.4, 0.5) is 0 Å². The summed E-state index contributed by atoms with van der Waals surface area (Å²) in [5.74, 6) is 0. The Balaban J connectivity index is 1.58. The second-order valence-electron chi connectivity index (χ2n) is 9.24. The van der Waals surface area contributed by atoms with Crippen molar-refractivity contribution < 1.29 is 0 Å². The summed E-state index contributed by atoms with van der Waals surface area (Å²) in [4.78, 5) is 1.71. The summed E-state index contributed by atoms with van der Waals surface area (Å²) in [6, 6.07) is 14.4. The number of hydrogen-bond donors (Lipinski definition) is 1. The molecule has 1 aliphatic carbocycles. The van der Waals surface area contributed by atoms with Crippen molar-refractivity contribution in [1.82, 2.24) is 19.4 Å². The summed E-state index contributed by atoms with van der Waals surface area (Å²) in [6.07, 6.45) is 9.46. The first-order valence-electron chi connectivity index (χ1n) is 11.3. The molecule has 0 saturated heterocycles. The molecule has 4 aromatic rings. The number of nitrogens with two attached hydrogens (primary N) is 1. The van der Waals surface area contributed by atoms with Crippen LogP contribution in [-0.4, -0.2) is 24.9 Å². The summed E-state index contributed by atoms with van der Waals surface area (Å²) in [7, 11) is 0. The molecule has 34 heavy (non-hydrogen) atoms. The van der Waals surface area contributed by atoms with Gasteiger partial charge in [-0.2, -0.15) is 20.7 Å². The molecule has 5 rings (SSSR count). The third-order valence-electron chi connectivity index (χ3n) is 6.72. The Morgan fingerprint density at radius 2 is 1.79 bits per heavy atom. The lowest BCUT2D eigenvalue weighted by Crippen LogP contribution is -2.40. The molecule has 8 heteroatoms. The molecule has 3 heterocycles. The molecular formula is C26H25N7S. The van der Waals surface area contributed by atoms with Gasteiger partial charge in [0.05, 0.1) is 35.1 Å². The van der Waals surface area contributed by atoms with Gasteiger partial charge in [0.1, 0.15) is 12.1 Å². The lowest BCUT2D eigenvalue weighted by molar-refractivity contribution is 0.238. The first-order chi connectivity index (χ1) is 16.4. The molecule has 1 saturated carbocycles. The van der Waals surface area contributed by atoms with Crippen LogP contribution in [0.15, 0.2) is 58.7 Å². The van der Waals surface area contributed by atoms with Crippen molar-refractivity contribution in [3.8, 4) is 23.3 Å². The van der Waals surface area contributed by atoms with Gasteiger partial charge >= 0.3 is 0 Å². The Morgan fingerprint density at radius 1 is 1.06 bits per heavy atom. The van der Waals surface area contributed by atoms with Gasteiger partial charge in [-0.25, -0.2) is 4.52 Å². The SMILES string of the molecule is Cc1c(-c2cc(Sc3ccccc3C#N)c3c(C#N)cnn3c2)cnn1C1CCC(C)(N)CC1. The molecule has 0 spiro atoms. The first-order valence-corrected chi connectivity index (χ1v) is 12.1. The monoisotopic (exact) mass is 467 g/mol. The highest BCUT2D eigenvalue weighted by atomic mass is 32.2. The Hall–Kier alpha value is -3.59. The molecular weight excluding hydrogens is 442 g/mol. The van der Waals surface area contributed by atoms with Crippen molar-refractivity contribution in [1.29, 1.82) is 10.5 Å². The van der Waals surface area contributed by atoms with Crippen molar-refractivity contribution in [2.45, 2.75) is 60.9 Å². The molecule has 0 amide bonds. The predicted molar refractivity (Wildman–Crippen MR) is 131 cm³/mol. The Bertz CT molecular complexity index is 1450. The molecule has 3 aromatic heterocycles. The van der Waals surface area contributed by atoms with Crippen LogP contribution in [0.25, 0.3) is 16.6 Å². The second-order valence-corrected chi connectivity index (χ2v) is 10.3. The van der Waals surface area contributed by atoms with E-state index >= 15 is 0 Å². The zero-order valence-electron chi connectivity index (χ0n) is 19.2. The minimum absolute atomic E-state index is 0.0875. The lowest BCUT2D eigenvalue weighted by atomic mass is 9.81. The van der Waals surface area contributed by atoms with Crippen LogP contribution >= 0.6 is 11.8 Å². The zero-order valence-corrected chi connectivity index (χ0v) is 20.0. The van der Waals surface area contributed by atoms with E-state index in [0.717, 1.165) is 57.8 Å². The maximum absolute atomic E-state index is 9.64. The number of pyridine rings is 1. The highest BCUT2D eigenvalue weighted by Gasteiger charge is 2.29.